The zero-order valence-corrected chi connectivity index (χ0v) is 10.00. The lowest BCUT2D eigenvalue weighted by Gasteiger charge is -2.28. The molecule has 1 saturated carbocycles. The molecule has 0 radical (unpaired) electrons. The second-order valence-electron chi connectivity index (χ2n) is 5.14. The predicted molar refractivity (Wildman–Crippen MR) is 67.5 cm³/mol. The standard InChI is InChI=1S/C14H20N2/c1-2-16-6-5-11-8-14(15)13(10-3-4-10)7-12(11)9-16/h7-8,10H,2-6,9,15H2,1H3. The molecule has 2 N–H and O–H groups in total. The minimum Gasteiger partial charge on any atom is -0.398 e. The van der Waals surface area contributed by atoms with Gasteiger partial charge in [0.1, 0.15) is 0 Å². The molecule has 1 aliphatic carbocycles. The maximum absolute atomic E-state index is 6.14. The SMILES string of the molecule is CCN1CCc2cc(N)c(C3CC3)cc2C1. The van der Waals surface area contributed by atoms with Crippen LogP contribution in [0, 0.1) is 0 Å². The summed E-state index contributed by atoms with van der Waals surface area (Å²) in [6.07, 6.45) is 3.83. The average molecular weight is 216 g/mol. The Hall–Kier alpha value is -1.02. The molecule has 16 heavy (non-hydrogen) atoms. The van der Waals surface area contributed by atoms with Gasteiger partial charge < -0.3 is 5.73 Å². The highest BCUT2D eigenvalue weighted by Gasteiger charge is 2.27. The summed E-state index contributed by atoms with van der Waals surface area (Å²) in [5, 5.41) is 0. The van der Waals surface area contributed by atoms with Crippen molar-refractivity contribution < 1.29 is 0 Å². The van der Waals surface area contributed by atoms with Gasteiger partial charge in [-0.05, 0) is 54.5 Å². The van der Waals surface area contributed by atoms with E-state index in [1.54, 1.807) is 0 Å². The Bertz CT molecular complexity index is 407. The average Bonchev–Trinajstić information content (AvgIpc) is 3.11. The normalized spacial score (nSPS) is 20.8. The van der Waals surface area contributed by atoms with Crippen LogP contribution in [0.5, 0.6) is 0 Å². The van der Waals surface area contributed by atoms with Gasteiger partial charge in [-0.1, -0.05) is 13.0 Å². The maximum Gasteiger partial charge on any atom is 0.0352 e. The van der Waals surface area contributed by atoms with Crippen molar-refractivity contribution in [2.75, 3.05) is 18.8 Å². The molecule has 86 valence electrons. The predicted octanol–water partition coefficient (Wildman–Crippen LogP) is 2.52. The quantitative estimate of drug-likeness (QED) is 0.770. The third kappa shape index (κ3) is 1.71. The lowest BCUT2D eigenvalue weighted by molar-refractivity contribution is 0.268. The molecular weight excluding hydrogens is 196 g/mol. The summed E-state index contributed by atoms with van der Waals surface area (Å²) < 4.78 is 0. The van der Waals surface area contributed by atoms with E-state index in [4.69, 9.17) is 5.73 Å². The van der Waals surface area contributed by atoms with Gasteiger partial charge in [-0.25, -0.2) is 0 Å². The van der Waals surface area contributed by atoms with E-state index in [0.29, 0.717) is 0 Å². The molecule has 2 aliphatic rings. The van der Waals surface area contributed by atoms with Crippen LogP contribution >= 0.6 is 0 Å². The molecule has 0 unspecified atom stereocenters. The minimum atomic E-state index is 0.766. The van der Waals surface area contributed by atoms with Crippen molar-refractivity contribution >= 4 is 5.69 Å². The van der Waals surface area contributed by atoms with E-state index < -0.39 is 0 Å². The number of likely N-dealkylation sites (N-methyl/N-ethyl adjacent to an activating group) is 1. The van der Waals surface area contributed by atoms with E-state index in [9.17, 15) is 0 Å². The van der Waals surface area contributed by atoms with Gasteiger partial charge in [0.15, 0.2) is 0 Å². The molecule has 0 atom stereocenters. The zero-order chi connectivity index (χ0) is 11.1. The number of hydrogen-bond acceptors (Lipinski definition) is 2. The lowest BCUT2D eigenvalue weighted by atomic mass is 9.94. The molecule has 1 aromatic carbocycles. The molecule has 1 aromatic rings. The van der Waals surface area contributed by atoms with Crippen molar-refractivity contribution in [3.8, 4) is 0 Å². The second-order valence-corrected chi connectivity index (χ2v) is 5.14. The van der Waals surface area contributed by atoms with Gasteiger partial charge in [-0.2, -0.15) is 0 Å². The first kappa shape index (κ1) is 10.2. The van der Waals surface area contributed by atoms with E-state index in [1.165, 1.54) is 42.5 Å². The summed E-state index contributed by atoms with van der Waals surface area (Å²) in [4.78, 5) is 2.51. The van der Waals surface area contributed by atoms with Gasteiger partial charge in [0.25, 0.3) is 0 Å². The molecular formula is C14H20N2. The fourth-order valence-electron chi connectivity index (χ4n) is 2.72. The van der Waals surface area contributed by atoms with Crippen LogP contribution in [0.1, 0.15) is 42.4 Å². The largest absolute Gasteiger partial charge is 0.398 e. The number of hydrogen-bond donors (Lipinski definition) is 1. The Kier molecular flexibility index (Phi) is 2.40. The topological polar surface area (TPSA) is 29.3 Å². The van der Waals surface area contributed by atoms with Crippen LogP contribution in [0.15, 0.2) is 12.1 Å². The number of nitrogen functional groups attached to an aromatic ring is 1. The number of benzene rings is 1. The van der Waals surface area contributed by atoms with Crippen molar-refractivity contribution in [1.82, 2.24) is 4.90 Å². The summed E-state index contributed by atoms with van der Waals surface area (Å²) >= 11 is 0. The first-order valence-corrected chi connectivity index (χ1v) is 6.41. The summed E-state index contributed by atoms with van der Waals surface area (Å²) in [6, 6.07) is 4.61. The second kappa shape index (κ2) is 3.77. The van der Waals surface area contributed by atoms with Gasteiger partial charge in [-0.15, -0.1) is 0 Å². The third-order valence-electron chi connectivity index (χ3n) is 3.96. The maximum atomic E-state index is 6.14. The highest BCUT2D eigenvalue weighted by atomic mass is 15.1. The molecule has 0 aromatic heterocycles. The number of rotatable bonds is 2. The molecule has 1 heterocycles. The summed E-state index contributed by atoms with van der Waals surface area (Å²) in [6.45, 7) is 5.70. The van der Waals surface area contributed by atoms with Crippen molar-refractivity contribution in [2.45, 2.75) is 38.6 Å². The van der Waals surface area contributed by atoms with E-state index in [1.807, 2.05) is 0 Å². The smallest absolute Gasteiger partial charge is 0.0352 e. The number of nitrogens with two attached hydrogens (primary N) is 1. The van der Waals surface area contributed by atoms with E-state index in [2.05, 4.69) is 24.0 Å². The highest BCUT2D eigenvalue weighted by Crippen LogP contribution is 2.43. The van der Waals surface area contributed by atoms with Crippen LogP contribution in [-0.4, -0.2) is 18.0 Å². The first-order chi connectivity index (χ1) is 7.78. The van der Waals surface area contributed by atoms with Gasteiger partial charge in [-0.3, -0.25) is 4.90 Å². The molecule has 0 bridgehead atoms. The highest BCUT2D eigenvalue weighted by molar-refractivity contribution is 5.55. The Balaban J connectivity index is 1.95. The van der Waals surface area contributed by atoms with E-state index >= 15 is 0 Å². The van der Waals surface area contributed by atoms with Gasteiger partial charge >= 0.3 is 0 Å². The van der Waals surface area contributed by atoms with Crippen molar-refractivity contribution in [3.05, 3.63) is 28.8 Å². The lowest BCUT2D eigenvalue weighted by Crippen LogP contribution is -2.30. The zero-order valence-electron chi connectivity index (χ0n) is 10.00. The van der Waals surface area contributed by atoms with Crippen LogP contribution in [0.3, 0.4) is 0 Å². The monoisotopic (exact) mass is 216 g/mol. The summed E-state index contributed by atoms with van der Waals surface area (Å²) in [7, 11) is 0. The molecule has 0 amide bonds. The Morgan fingerprint density at radius 1 is 1.31 bits per heavy atom. The van der Waals surface area contributed by atoms with Crippen molar-refractivity contribution in [1.29, 1.82) is 0 Å². The molecule has 3 rings (SSSR count). The molecule has 0 spiro atoms. The summed E-state index contributed by atoms with van der Waals surface area (Å²) in [5.41, 5.74) is 11.6. The third-order valence-corrected chi connectivity index (χ3v) is 3.96. The molecule has 1 aliphatic heterocycles. The van der Waals surface area contributed by atoms with Crippen LogP contribution < -0.4 is 5.73 Å². The van der Waals surface area contributed by atoms with Crippen LogP contribution in [0.2, 0.25) is 0 Å². The Morgan fingerprint density at radius 2 is 2.12 bits per heavy atom. The van der Waals surface area contributed by atoms with Gasteiger partial charge in [0.2, 0.25) is 0 Å². The van der Waals surface area contributed by atoms with Crippen LogP contribution in [-0.2, 0) is 13.0 Å². The Morgan fingerprint density at radius 3 is 2.81 bits per heavy atom. The van der Waals surface area contributed by atoms with E-state index in [-0.39, 0.29) is 0 Å². The molecule has 1 fully saturated rings. The first-order valence-electron chi connectivity index (χ1n) is 6.41. The number of anilines is 1. The molecule has 2 nitrogen and oxygen atoms in total. The minimum absolute atomic E-state index is 0.766. The van der Waals surface area contributed by atoms with Gasteiger partial charge in [0.05, 0.1) is 0 Å². The van der Waals surface area contributed by atoms with Crippen LogP contribution in [0.4, 0.5) is 5.69 Å². The van der Waals surface area contributed by atoms with Gasteiger partial charge in [0, 0.05) is 18.8 Å². The van der Waals surface area contributed by atoms with Crippen LogP contribution in [0.25, 0.3) is 0 Å². The fraction of sp³-hybridized carbons (Fsp3) is 0.571. The molecule has 2 heteroatoms. The number of nitrogens with zero attached hydrogens (tertiary/aromatic N) is 1. The Labute approximate surface area is 97.4 Å². The summed E-state index contributed by atoms with van der Waals surface area (Å²) in [5.74, 6) is 0.766. The number of fused-ring (bicyclic) bond motifs is 1. The van der Waals surface area contributed by atoms with E-state index in [0.717, 1.165) is 24.7 Å². The fourth-order valence-corrected chi connectivity index (χ4v) is 2.72. The van der Waals surface area contributed by atoms with Crippen molar-refractivity contribution in [3.63, 3.8) is 0 Å². The van der Waals surface area contributed by atoms with Crippen molar-refractivity contribution in [2.24, 2.45) is 0 Å². The molecule has 0 saturated heterocycles.